The fraction of sp³-hybridized carbons (Fsp3) is 0.609. The first-order valence-corrected chi connectivity index (χ1v) is 23.8. The van der Waals surface area contributed by atoms with Gasteiger partial charge >= 0.3 is 0 Å². The Morgan fingerprint density at radius 2 is 0.700 bits per heavy atom. The van der Waals surface area contributed by atoms with Crippen molar-refractivity contribution in [1.82, 2.24) is 0 Å². The summed E-state index contributed by atoms with van der Waals surface area (Å²) < 4.78 is 3.19. The minimum absolute atomic E-state index is 1.21. The van der Waals surface area contributed by atoms with Gasteiger partial charge in [-0.3, -0.25) is 0 Å². The molecule has 0 amide bonds. The van der Waals surface area contributed by atoms with Crippen LogP contribution >= 0.6 is 45.3 Å². The van der Waals surface area contributed by atoms with Crippen LogP contribution in [0.1, 0.15) is 174 Å². The second-order valence-electron chi connectivity index (χ2n) is 15.3. The van der Waals surface area contributed by atoms with Crippen molar-refractivity contribution in [1.29, 1.82) is 0 Å². The van der Waals surface area contributed by atoms with Crippen LogP contribution in [0.5, 0.6) is 0 Å². The van der Waals surface area contributed by atoms with E-state index in [1.165, 1.54) is 182 Å². The largest absolute Gasteiger partial charge is 0.139 e. The maximum Gasteiger partial charge on any atom is 0.0475 e. The molecular weight excluding hydrogens is 681 g/mol. The number of unbranched alkanes of at least 4 members (excludes halogenated alkanes) is 18. The number of benzene rings is 1. The number of fused-ring (bicyclic) bond motifs is 2. The van der Waals surface area contributed by atoms with Gasteiger partial charge in [0.1, 0.15) is 0 Å². The van der Waals surface area contributed by atoms with Gasteiger partial charge in [-0.05, 0) is 111 Å². The van der Waals surface area contributed by atoms with E-state index in [0.29, 0.717) is 0 Å². The molecule has 0 fully saturated rings. The quantitative estimate of drug-likeness (QED) is 0.0552. The molecule has 5 rings (SSSR count). The minimum Gasteiger partial charge on any atom is -0.139 e. The molecule has 5 aromatic rings. The van der Waals surface area contributed by atoms with Crippen molar-refractivity contribution in [2.75, 3.05) is 0 Å². The molecular formula is C46H66S4. The van der Waals surface area contributed by atoms with Crippen LogP contribution in [0.25, 0.3) is 39.7 Å². The van der Waals surface area contributed by atoms with Crippen molar-refractivity contribution in [3.8, 4) is 19.5 Å². The van der Waals surface area contributed by atoms with Crippen molar-refractivity contribution in [3.63, 3.8) is 0 Å². The van der Waals surface area contributed by atoms with Crippen LogP contribution in [0.3, 0.4) is 0 Å². The van der Waals surface area contributed by atoms with Gasteiger partial charge in [-0.25, -0.2) is 0 Å². The maximum atomic E-state index is 2.62. The topological polar surface area (TPSA) is 0 Å². The van der Waals surface area contributed by atoms with Gasteiger partial charge in [0.15, 0.2) is 0 Å². The average Bonchev–Trinajstić information content (AvgIpc) is 3.88. The van der Waals surface area contributed by atoms with Crippen LogP contribution in [0.15, 0.2) is 24.3 Å². The molecule has 4 aromatic heterocycles. The molecule has 0 nitrogen and oxygen atoms in total. The number of aryl methyl sites for hydroxylation is 6. The number of hydrogen-bond donors (Lipinski definition) is 0. The lowest BCUT2D eigenvalue weighted by Gasteiger charge is -2.12. The average molecular weight is 747 g/mol. The van der Waals surface area contributed by atoms with E-state index in [1.807, 2.05) is 22.7 Å². The predicted octanol–water partition coefficient (Wildman–Crippen LogP) is 17.7. The fourth-order valence-electron chi connectivity index (χ4n) is 7.99. The van der Waals surface area contributed by atoms with Gasteiger partial charge in [0.2, 0.25) is 0 Å². The Balaban J connectivity index is 1.40. The zero-order valence-corrected chi connectivity index (χ0v) is 35.8. The third-order valence-corrected chi connectivity index (χ3v) is 15.8. The summed E-state index contributed by atoms with van der Waals surface area (Å²) in [6.45, 7) is 13.8. The summed E-state index contributed by atoms with van der Waals surface area (Å²) in [5, 5.41) is 3.15. The highest BCUT2D eigenvalue weighted by Crippen LogP contribution is 2.49. The molecule has 1 aromatic carbocycles. The highest BCUT2D eigenvalue weighted by molar-refractivity contribution is 7.28. The molecule has 0 aliphatic carbocycles. The van der Waals surface area contributed by atoms with Gasteiger partial charge in [0.25, 0.3) is 0 Å². The monoisotopic (exact) mass is 746 g/mol. The predicted molar refractivity (Wildman–Crippen MR) is 234 cm³/mol. The van der Waals surface area contributed by atoms with E-state index in [2.05, 4.69) is 88.5 Å². The third kappa shape index (κ3) is 10.8. The Kier molecular flexibility index (Phi) is 16.4. The van der Waals surface area contributed by atoms with Crippen molar-refractivity contribution in [3.05, 3.63) is 56.3 Å². The van der Waals surface area contributed by atoms with Crippen LogP contribution in [-0.2, 0) is 12.8 Å². The van der Waals surface area contributed by atoms with Gasteiger partial charge in [0.05, 0.1) is 0 Å². The molecule has 4 heteroatoms. The number of hydrogen-bond acceptors (Lipinski definition) is 4. The molecule has 0 saturated carbocycles. The van der Waals surface area contributed by atoms with E-state index in [9.17, 15) is 0 Å². The smallest absolute Gasteiger partial charge is 0.0475 e. The highest BCUT2D eigenvalue weighted by Gasteiger charge is 2.22. The van der Waals surface area contributed by atoms with Gasteiger partial charge in [-0.1, -0.05) is 129 Å². The van der Waals surface area contributed by atoms with Crippen LogP contribution in [-0.4, -0.2) is 0 Å². The van der Waals surface area contributed by atoms with E-state index in [0.717, 1.165) is 0 Å². The van der Waals surface area contributed by atoms with E-state index < -0.39 is 0 Å². The summed E-state index contributed by atoms with van der Waals surface area (Å²) in [5.41, 5.74) is 6.19. The van der Waals surface area contributed by atoms with Gasteiger partial charge in [-0.15, -0.1) is 45.3 Å². The Bertz CT molecular complexity index is 1560. The summed E-state index contributed by atoms with van der Waals surface area (Å²) in [4.78, 5) is 8.83. The highest BCUT2D eigenvalue weighted by atomic mass is 32.1. The first-order valence-electron chi connectivity index (χ1n) is 20.6. The van der Waals surface area contributed by atoms with Crippen LogP contribution in [0, 0.1) is 27.7 Å². The standard InChI is InChI=1S/C46H66S4/c1-7-9-11-13-15-17-19-21-23-25-27-37-39-31-41(43-33(3)29-35(5)47-43)50-46(39)38(28-26-24-22-20-18-16-14-12-10-8-2)40-32-42(49-45(37)40)44-34(4)30-36(6)48-44/h29-32H,7-28H2,1-6H3. The Morgan fingerprint density at radius 1 is 0.380 bits per heavy atom. The molecule has 274 valence electrons. The Hall–Kier alpha value is -1.46. The molecule has 0 aliphatic rings. The molecule has 0 radical (unpaired) electrons. The molecule has 0 bridgehead atoms. The molecule has 0 saturated heterocycles. The normalized spacial score (nSPS) is 12.0. The zero-order valence-electron chi connectivity index (χ0n) is 32.5. The molecule has 0 aliphatic heterocycles. The van der Waals surface area contributed by atoms with Crippen LogP contribution in [0.4, 0.5) is 0 Å². The van der Waals surface area contributed by atoms with Gasteiger partial charge < -0.3 is 0 Å². The Morgan fingerprint density at radius 3 is 1.00 bits per heavy atom. The van der Waals surface area contributed by atoms with E-state index >= 15 is 0 Å². The molecule has 0 N–H and O–H groups in total. The Labute approximate surface area is 322 Å². The first-order chi connectivity index (χ1) is 24.4. The van der Waals surface area contributed by atoms with Crippen molar-refractivity contribution in [2.24, 2.45) is 0 Å². The van der Waals surface area contributed by atoms with Crippen molar-refractivity contribution < 1.29 is 0 Å². The zero-order chi connectivity index (χ0) is 35.3. The van der Waals surface area contributed by atoms with Crippen molar-refractivity contribution in [2.45, 2.75) is 183 Å². The summed E-state index contributed by atoms with van der Waals surface area (Å²) in [7, 11) is 0. The minimum atomic E-state index is 1.21. The van der Waals surface area contributed by atoms with E-state index in [4.69, 9.17) is 0 Å². The first kappa shape index (κ1) is 39.7. The number of thiophene rings is 4. The molecule has 0 unspecified atom stereocenters. The lowest BCUT2D eigenvalue weighted by atomic mass is 9.94. The molecule has 50 heavy (non-hydrogen) atoms. The van der Waals surface area contributed by atoms with Crippen LogP contribution < -0.4 is 0 Å². The van der Waals surface area contributed by atoms with E-state index in [1.54, 1.807) is 31.3 Å². The lowest BCUT2D eigenvalue weighted by molar-refractivity contribution is 0.556. The summed E-state index contributed by atoms with van der Waals surface area (Å²) in [6, 6.07) is 10.0. The fourth-order valence-corrected chi connectivity index (χ4v) is 12.9. The lowest BCUT2D eigenvalue weighted by Crippen LogP contribution is -1.93. The van der Waals surface area contributed by atoms with Crippen LogP contribution in [0.2, 0.25) is 0 Å². The molecule has 4 heterocycles. The SMILES string of the molecule is CCCCCCCCCCCCc1c2cc(-c3sc(C)cc3C)sc2c(CCCCCCCCCCCC)c2cc(-c3sc(C)cc3C)sc12. The number of rotatable bonds is 24. The van der Waals surface area contributed by atoms with Gasteiger partial charge in [-0.2, -0.15) is 0 Å². The summed E-state index contributed by atoms with van der Waals surface area (Å²) in [6.07, 6.45) is 30.3. The summed E-state index contributed by atoms with van der Waals surface area (Å²) in [5.74, 6) is 0. The maximum absolute atomic E-state index is 2.62. The second kappa shape index (κ2) is 20.7. The molecule has 0 spiro atoms. The van der Waals surface area contributed by atoms with Gasteiger partial charge in [0, 0.05) is 38.7 Å². The van der Waals surface area contributed by atoms with E-state index in [-0.39, 0.29) is 0 Å². The second-order valence-corrected chi connectivity index (χ2v) is 19.9. The van der Waals surface area contributed by atoms with Crippen molar-refractivity contribution >= 4 is 65.5 Å². The summed E-state index contributed by atoms with van der Waals surface area (Å²) >= 11 is 8.18. The molecule has 0 atom stereocenters. The third-order valence-electron chi connectivity index (χ3n) is 10.8.